The van der Waals surface area contributed by atoms with Crippen LogP contribution in [0.2, 0.25) is 10.0 Å². The summed E-state index contributed by atoms with van der Waals surface area (Å²) in [7, 11) is 1.87. The summed E-state index contributed by atoms with van der Waals surface area (Å²) in [5, 5.41) is 4.19. The Morgan fingerprint density at radius 2 is 1.68 bits per heavy atom. The smallest absolute Gasteiger partial charge is 0.410 e. The van der Waals surface area contributed by atoms with Gasteiger partial charge in [-0.05, 0) is 61.5 Å². The third-order valence-electron chi connectivity index (χ3n) is 8.67. The van der Waals surface area contributed by atoms with Gasteiger partial charge in [-0.15, -0.1) is 0 Å². The van der Waals surface area contributed by atoms with E-state index < -0.39 is 23.0 Å². The van der Waals surface area contributed by atoms with Gasteiger partial charge in [-0.3, -0.25) is 14.5 Å². The van der Waals surface area contributed by atoms with Gasteiger partial charge in [0.15, 0.2) is 5.78 Å². The minimum absolute atomic E-state index is 0.00200. The van der Waals surface area contributed by atoms with Crippen molar-refractivity contribution >= 4 is 52.7 Å². The fourth-order valence-electron chi connectivity index (χ4n) is 7.06. The number of para-hydroxylation sites is 1. The molecule has 2 amide bonds. The molecule has 0 aromatic heterocycles. The first-order valence-corrected chi connectivity index (χ1v) is 14.3. The van der Waals surface area contributed by atoms with E-state index in [4.69, 9.17) is 27.9 Å². The van der Waals surface area contributed by atoms with Crippen molar-refractivity contribution in [3.63, 3.8) is 0 Å². The number of benzene rings is 3. The van der Waals surface area contributed by atoms with Crippen LogP contribution >= 0.6 is 23.2 Å². The maximum Gasteiger partial charge on any atom is 0.410 e. The highest BCUT2D eigenvalue weighted by atomic mass is 35.5. The molecule has 0 aliphatic carbocycles. The molecule has 2 saturated heterocycles. The number of carbonyl (C=O) groups is 3. The molecule has 3 atom stereocenters. The molecule has 0 saturated carbocycles. The molecule has 6 rings (SSSR count). The second-order valence-electron chi connectivity index (χ2n) is 10.8. The fourth-order valence-corrected chi connectivity index (χ4v) is 7.32. The van der Waals surface area contributed by atoms with E-state index >= 15 is 4.79 Å². The number of halogens is 2. The predicted octanol–water partition coefficient (Wildman–Crippen LogP) is 5.98. The van der Waals surface area contributed by atoms with Crippen LogP contribution in [0.1, 0.15) is 29.5 Å². The Hall–Kier alpha value is -3.65. The molecule has 41 heavy (non-hydrogen) atoms. The van der Waals surface area contributed by atoms with Gasteiger partial charge in [0.1, 0.15) is 5.54 Å². The molecule has 0 unspecified atom stereocenters. The number of fused-ring (bicyclic) bond motifs is 3. The zero-order valence-electron chi connectivity index (χ0n) is 22.7. The number of hydrogen-bond donors (Lipinski definition) is 1. The van der Waals surface area contributed by atoms with Crippen molar-refractivity contribution in [2.24, 2.45) is 5.41 Å². The Balaban J connectivity index is 1.64. The van der Waals surface area contributed by atoms with Gasteiger partial charge in [0.2, 0.25) is 0 Å². The Bertz CT molecular complexity index is 1570. The minimum atomic E-state index is -1.38. The Morgan fingerprint density at radius 1 is 1.02 bits per heavy atom. The Morgan fingerprint density at radius 3 is 2.37 bits per heavy atom. The maximum atomic E-state index is 15.2. The van der Waals surface area contributed by atoms with Gasteiger partial charge >= 0.3 is 6.09 Å². The van der Waals surface area contributed by atoms with Gasteiger partial charge < -0.3 is 15.0 Å². The molecule has 9 heteroatoms. The molecule has 1 N–H and O–H groups in total. The van der Waals surface area contributed by atoms with Crippen LogP contribution in [-0.2, 0) is 19.9 Å². The van der Waals surface area contributed by atoms with Gasteiger partial charge in [-0.2, -0.15) is 0 Å². The van der Waals surface area contributed by atoms with Crippen molar-refractivity contribution in [1.82, 2.24) is 9.80 Å². The number of piperidine rings is 1. The quantitative estimate of drug-likeness (QED) is 0.380. The topological polar surface area (TPSA) is 79.0 Å². The van der Waals surface area contributed by atoms with Gasteiger partial charge in [-0.25, -0.2) is 4.79 Å². The number of hydrogen-bond acceptors (Lipinski definition) is 5. The number of rotatable bonds is 3. The highest BCUT2D eigenvalue weighted by Crippen LogP contribution is 2.64. The molecule has 7 nitrogen and oxygen atoms in total. The van der Waals surface area contributed by atoms with E-state index in [0.717, 1.165) is 11.1 Å². The minimum Gasteiger partial charge on any atom is -0.450 e. The standard InChI is InChI=1S/C32H29Cl2N3O4/c1-3-41-30(40)37-17-22(16-20-8-12-23(33)13-9-20)28(38)31(19-37)26(21-10-14-24(34)15-11-21)18-36(2)32(31)25-6-4-5-7-27(25)35-29(32)39/h4-16,26H,3,17-19H2,1-2H3,(H,35,39)/b22-16+/t26-,31+,32+/m0/s1. The average molecular weight is 591 g/mol. The summed E-state index contributed by atoms with van der Waals surface area (Å²) in [5.41, 5.74) is 0.653. The average Bonchev–Trinajstić information content (AvgIpc) is 3.41. The number of ketones is 1. The van der Waals surface area contributed by atoms with Crippen LogP contribution in [0, 0.1) is 5.41 Å². The number of nitrogens with zero attached hydrogens (tertiary/aromatic N) is 2. The van der Waals surface area contributed by atoms with E-state index in [1.807, 2.05) is 60.5 Å². The van der Waals surface area contributed by atoms with Gasteiger partial charge in [0.25, 0.3) is 5.91 Å². The summed E-state index contributed by atoms with van der Waals surface area (Å²) in [6, 6.07) is 22.0. The van der Waals surface area contributed by atoms with Crippen LogP contribution in [0.15, 0.2) is 78.4 Å². The monoisotopic (exact) mass is 589 g/mol. The van der Waals surface area contributed by atoms with E-state index in [1.165, 1.54) is 0 Å². The highest BCUT2D eigenvalue weighted by Gasteiger charge is 2.75. The summed E-state index contributed by atoms with van der Waals surface area (Å²) in [4.78, 5) is 46.4. The summed E-state index contributed by atoms with van der Waals surface area (Å²) in [6.07, 6.45) is 1.25. The Kier molecular flexibility index (Phi) is 6.92. The molecular formula is C32H29Cl2N3O4. The van der Waals surface area contributed by atoms with E-state index in [2.05, 4.69) is 5.32 Å². The van der Waals surface area contributed by atoms with Crippen LogP contribution < -0.4 is 5.32 Å². The molecule has 0 radical (unpaired) electrons. The highest BCUT2D eigenvalue weighted by molar-refractivity contribution is 6.30. The van der Waals surface area contributed by atoms with Gasteiger partial charge in [0, 0.05) is 45.9 Å². The van der Waals surface area contributed by atoms with Crippen molar-refractivity contribution in [1.29, 1.82) is 0 Å². The number of likely N-dealkylation sites (tertiary alicyclic amines) is 2. The number of nitrogens with one attached hydrogen (secondary N) is 1. The first-order valence-electron chi connectivity index (χ1n) is 13.5. The maximum absolute atomic E-state index is 15.2. The molecule has 210 valence electrons. The van der Waals surface area contributed by atoms with Gasteiger partial charge in [-0.1, -0.05) is 65.7 Å². The molecule has 2 spiro atoms. The third kappa shape index (κ3) is 4.09. The third-order valence-corrected chi connectivity index (χ3v) is 9.17. The van der Waals surface area contributed by atoms with Crippen molar-refractivity contribution < 1.29 is 19.1 Å². The summed E-state index contributed by atoms with van der Waals surface area (Å²) in [5.74, 6) is -0.910. The SMILES string of the molecule is CCOC(=O)N1C/C(=C\c2ccc(Cl)cc2)C(=O)[C@@]2(C1)[C@H](c1ccc(Cl)cc1)CN(C)[C@]21C(=O)Nc2ccccc21. The van der Waals surface area contributed by atoms with Crippen molar-refractivity contribution in [3.8, 4) is 0 Å². The lowest BCUT2D eigenvalue weighted by Gasteiger charge is -2.50. The van der Waals surface area contributed by atoms with Crippen molar-refractivity contribution in [3.05, 3.63) is 105 Å². The van der Waals surface area contributed by atoms with E-state index in [1.54, 1.807) is 42.2 Å². The van der Waals surface area contributed by atoms with Crippen molar-refractivity contribution in [2.75, 3.05) is 38.6 Å². The zero-order valence-corrected chi connectivity index (χ0v) is 24.2. The number of likely N-dealkylation sites (N-methyl/N-ethyl adjacent to an activating group) is 1. The summed E-state index contributed by atoms with van der Waals surface area (Å²) in [6.45, 7) is 2.39. The lowest BCUT2D eigenvalue weighted by molar-refractivity contribution is -0.146. The van der Waals surface area contributed by atoms with Crippen molar-refractivity contribution in [2.45, 2.75) is 18.4 Å². The van der Waals surface area contributed by atoms with E-state index in [-0.39, 0.29) is 31.4 Å². The fraction of sp³-hybridized carbons (Fsp3) is 0.281. The first-order chi connectivity index (χ1) is 19.7. The number of amides is 2. The molecule has 3 aromatic rings. The molecule has 3 aliphatic heterocycles. The van der Waals surface area contributed by atoms with Crippen LogP contribution in [-0.4, -0.2) is 60.9 Å². The summed E-state index contributed by atoms with van der Waals surface area (Å²) < 4.78 is 5.46. The molecule has 0 bridgehead atoms. The lowest BCUT2D eigenvalue weighted by Crippen LogP contribution is -2.66. The molecular weight excluding hydrogens is 561 g/mol. The normalized spacial score (nSPS) is 26.6. The number of Topliss-reactive ketones (excluding diaryl/α,β-unsaturated/α-hetero) is 1. The Labute approximate surface area is 248 Å². The largest absolute Gasteiger partial charge is 0.450 e. The molecule has 3 aromatic carbocycles. The van der Waals surface area contributed by atoms with E-state index in [9.17, 15) is 9.59 Å². The van der Waals surface area contributed by atoms with Crippen LogP contribution in [0.4, 0.5) is 10.5 Å². The summed E-state index contributed by atoms with van der Waals surface area (Å²) >= 11 is 12.4. The van der Waals surface area contributed by atoms with Crippen LogP contribution in [0.25, 0.3) is 6.08 Å². The second-order valence-corrected chi connectivity index (χ2v) is 11.6. The number of ether oxygens (including phenoxy) is 1. The number of anilines is 1. The molecule has 3 heterocycles. The van der Waals surface area contributed by atoms with Crippen LogP contribution in [0.3, 0.4) is 0 Å². The first kappa shape index (κ1) is 27.5. The zero-order chi connectivity index (χ0) is 28.9. The van der Waals surface area contributed by atoms with E-state index in [0.29, 0.717) is 33.4 Å². The lowest BCUT2D eigenvalue weighted by atomic mass is 9.56. The van der Waals surface area contributed by atoms with Crippen LogP contribution in [0.5, 0.6) is 0 Å². The number of carbonyl (C=O) groups excluding carboxylic acids is 3. The molecule has 2 fully saturated rings. The second kappa shape index (κ2) is 10.3. The van der Waals surface area contributed by atoms with Gasteiger partial charge in [0.05, 0.1) is 18.6 Å². The molecule has 3 aliphatic rings. The predicted molar refractivity (Wildman–Crippen MR) is 159 cm³/mol.